The van der Waals surface area contributed by atoms with Gasteiger partial charge in [0, 0.05) is 24.5 Å². The molecule has 0 saturated carbocycles. The van der Waals surface area contributed by atoms with E-state index >= 15 is 0 Å². The summed E-state index contributed by atoms with van der Waals surface area (Å²) in [6, 6.07) is 4.19. The molecule has 0 atom stereocenters. The van der Waals surface area contributed by atoms with Crippen molar-refractivity contribution in [3.63, 3.8) is 0 Å². The maximum atomic E-state index is 12.4. The highest BCUT2D eigenvalue weighted by Crippen LogP contribution is 2.27. The van der Waals surface area contributed by atoms with Gasteiger partial charge in [0.05, 0.1) is 23.6 Å². The summed E-state index contributed by atoms with van der Waals surface area (Å²) in [7, 11) is -2.50. The van der Waals surface area contributed by atoms with Crippen molar-refractivity contribution in [2.45, 2.75) is 24.2 Å². The van der Waals surface area contributed by atoms with Crippen LogP contribution < -0.4 is 4.72 Å². The fourth-order valence-corrected chi connectivity index (χ4v) is 3.26. The number of methoxy groups -OCH3 is 1. The number of hydrogen-bond donors (Lipinski definition) is 1. The first-order valence-electron chi connectivity index (χ1n) is 6.78. The van der Waals surface area contributed by atoms with E-state index in [0.717, 1.165) is 0 Å². The lowest BCUT2D eigenvalue weighted by Crippen LogP contribution is -2.24. The number of sulfonamides is 1. The molecule has 0 fully saturated rings. The van der Waals surface area contributed by atoms with Gasteiger partial charge in [0.15, 0.2) is 0 Å². The lowest BCUT2D eigenvalue weighted by molar-refractivity contribution is -0.138. The number of aromatic nitrogens is 2. The fourth-order valence-electron chi connectivity index (χ4n) is 1.86. The largest absolute Gasteiger partial charge is 0.419 e. The van der Waals surface area contributed by atoms with Gasteiger partial charge in [-0.05, 0) is 23.8 Å². The van der Waals surface area contributed by atoms with Crippen molar-refractivity contribution in [1.29, 1.82) is 0 Å². The van der Waals surface area contributed by atoms with Gasteiger partial charge in [-0.3, -0.25) is 0 Å². The molecule has 1 aromatic carbocycles. The molecule has 6 nitrogen and oxygen atoms in total. The molecule has 0 aliphatic rings. The molecule has 0 unspecified atom stereocenters. The summed E-state index contributed by atoms with van der Waals surface area (Å²) in [4.78, 5) is 6.91. The highest BCUT2D eigenvalue weighted by atomic mass is 35.5. The average Bonchev–Trinajstić information content (AvgIpc) is 2.52. The van der Waals surface area contributed by atoms with Crippen LogP contribution in [-0.4, -0.2) is 25.5 Å². The van der Waals surface area contributed by atoms with Crippen LogP contribution in [0.15, 0.2) is 35.5 Å². The third-order valence-corrected chi connectivity index (χ3v) is 4.60. The van der Waals surface area contributed by atoms with Crippen LogP contribution in [0.5, 0.6) is 0 Å². The number of rotatable bonds is 6. The Morgan fingerprint density at radius 3 is 2.40 bits per heavy atom. The van der Waals surface area contributed by atoms with Gasteiger partial charge >= 0.3 is 6.18 Å². The molecule has 0 spiro atoms. The van der Waals surface area contributed by atoms with Gasteiger partial charge in [0.2, 0.25) is 10.0 Å². The zero-order valence-electron chi connectivity index (χ0n) is 12.8. The van der Waals surface area contributed by atoms with E-state index in [1.54, 1.807) is 6.07 Å². The van der Waals surface area contributed by atoms with Crippen molar-refractivity contribution in [3.8, 4) is 0 Å². The van der Waals surface area contributed by atoms with E-state index in [2.05, 4.69) is 14.7 Å². The second kappa shape index (κ2) is 7.65. The van der Waals surface area contributed by atoms with Gasteiger partial charge in [-0.1, -0.05) is 11.6 Å². The summed E-state index contributed by atoms with van der Waals surface area (Å²) >= 11 is 5.89. The summed E-state index contributed by atoms with van der Waals surface area (Å²) in [6.45, 7) is -0.197. The first kappa shape index (κ1) is 19.6. The minimum absolute atomic E-state index is 0.0982. The molecule has 0 aliphatic carbocycles. The maximum Gasteiger partial charge on any atom is 0.419 e. The van der Waals surface area contributed by atoms with Crippen molar-refractivity contribution >= 4 is 21.6 Å². The van der Waals surface area contributed by atoms with Crippen LogP contribution in [0.1, 0.15) is 17.0 Å². The zero-order chi connectivity index (χ0) is 18.7. The average molecular weight is 396 g/mol. The Labute approximate surface area is 147 Å². The molecule has 0 bridgehead atoms. The normalized spacial score (nSPS) is 12.4. The van der Waals surface area contributed by atoms with Gasteiger partial charge in [-0.2, -0.15) is 13.2 Å². The minimum Gasteiger partial charge on any atom is -0.380 e. The number of halogens is 4. The van der Waals surface area contributed by atoms with E-state index in [1.165, 1.54) is 19.2 Å². The van der Waals surface area contributed by atoms with Crippen LogP contribution >= 0.6 is 11.6 Å². The van der Waals surface area contributed by atoms with Crippen molar-refractivity contribution in [1.82, 2.24) is 14.7 Å². The third-order valence-electron chi connectivity index (χ3n) is 3.01. The lowest BCUT2D eigenvalue weighted by atomic mass is 10.2. The summed E-state index contributed by atoms with van der Waals surface area (Å²) in [5.41, 5.74) is -0.459. The smallest absolute Gasteiger partial charge is 0.380 e. The van der Waals surface area contributed by atoms with Crippen molar-refractivity contribution in [2.75, 3.05) is 7.11 Å². The van der Waals surface area contributed by atoms with Gasteiger partial charge in [-0.15, -0.1) is 0 Å². The molecular weight excluding hydrogens is 383 g/mol. The van der Waals surface area contributed by atoms with Crippen LogP contribution in [-0.2, 0) is 34.1 Å². The lowest BCUT2D eigenvalue weighted by Gasteiger charge is -2.09. The monoisotopic (exact) mass is 395 g/mol. The molecule has 2 aromatic rings. The Balaban J connectivity index is 2.14. The highest BCUT2D eigenvalue weighted by Gasteiger charge is 2.31. The summed E-state index contributed by atoms with van der Waals surface area (Å²) in [5, 5.41) is 0.209. The molecule has 0 aliphatic heterocycles. The van der Waals surface area contributed by atoms with Crippen LogP contribution in [0.2, 0.25) is 5.02 Å². The third kappa shape index (κ3) is 5.36. The van der Waals surface area contributed by atoms with Crippen molar-refractivity contribution in [3.05, 3.63) is 52.6 Å². The maximum absolute atomic E-state index is 12.4. The first-order chi connectivity index (χ1) is 11.6. The predicted molar refractivity (Wildman–Crippen MR) is 83.2 cm³/mol. The number of nitrogens with one attached hydrogen (secondary N) is 1. The summed E-state index contributed by atoms with van der Waals surface area (Å²) in [5.74, 6) is -0.101. The number of ether oxygens (including phenoxy) is 1. The second-order valence-electron chi connectivity index (χ2n) is 4.94. The van der Waals surface area contributed by atoms with E-state index < -0.39 is 21.8 Å². The van der Waals surface area contributed by atoms with E-state index in [0.29, 0.717) is 18.0 Å². The molecule has 1 heterocycles. The van der Waals surface area contributed by atoms with Crippen LogP contribution in [0.25, 0.3) is 0 Å². The molecule has 11 heteroatoms. The minimum atomic E-state index is -4.56. The molecule has 2 rings (SSSR count). The van der Waals surface area contributed by atoms with Crippen molar-refractivity contribution in [2.24, 2.45) is 0 Å². The van der Waals surface area contributed by atoms with Crippen LogP contribution in [0, 0.1) is 0 Å². The van der Waals surface area contributed by atoms with E-state index in [9.17, 15) is 21.6 Å². The van der Waals surface area contributed by atoms with Gasteiger partial charge in [0.25, 0.3) is 0 Å². The van der Waals surface area contributed by atoms with E-state index in [1.807, 2.05) is 0 Å². The molecule has 25 heavy (non-hydrogen) atoms. The Bertz CT molecular complexity index is 843. The standard InChI is InChI=1S/C14H13ClF3N3O3S/c1-24-8-9-2-11(15)4-12(3-9)25(22,23)21-7-13-19-5-10(6-20-13)14(16,17)18/h2-6,21H,7-8H2,1H3. The number of benzene rings is 1. The molecule has 0 radical (unpaired) electrons. The van der Waals surface area contributed by atoms with Crippen LogP contribution in [0.4, 0.5) is 13.2 Å². The number of hydrogen-bond acceptors (Lipinski definition) is 5. The Morgan fingerprint density at radius 1 is 1.20 bits per heavy atom. The Kier molecular flexibility index (Phi) is 5.99. The van der Waals surface area contributed by atoms with Crippen LogP contribution in [0.3, 0.4) is 0 Å². The topological polar surface area (TPSA) is 81.2 Å². The van der Waals surface area contributed by atoms with Gasteiger partial charge in [0.1, 0.15) is 5.82 Å². The predicted octanol–water partition coefficient (Wildman–Crippen LogP) is 2.77. The SMILES string of the molecule is COCc1cc(Cl)cc(S(=O)(=O)NCc2ncc(C(F)(F)F)cn2)c1. The van der Waals surface area contributed by atoms with Crippen molar-refractivity contribution < 1.29 is 26.3 Å². The van der Waals surface area contributed by atoms with Gasteiger partial charge < -0.3 is 4.74 Å². The molecule has 0 saturated heterocycles. The fraction of sp³-hybridized carbons (Fsp3) is 0.286. The summed E-state index contributed by atoms with van der Waals surface area (Å²) in [6.07, 6.45) is -3.38. The number of alkyl halides is 3. The molecule has 1 aromatic heterocycles. The molecule has 1 N–H and O–H groups in total. The molecule has 136 valence electrons. The van der Waals surface area contributed by atoms with E-state index in [-0.39, 0.29) is 28.9 Å². The first-order valence-corrected chi connectivity index (χ1v) is 8.64. The Morgan fingerprint density at radius 2 is 1.84 bits per heavy atom. The highest BCUT2D eigenvalue weighted by molar-refractivity contribution is 7.89. The Hall–Kier alpha value is -1.75. The van der Waals surface area contributed by atoms with Gasteiger partial charge in [-0.25, -0.2) is 23.1 Å². The quantitative estimate of drug-likeness (QED) is 0.813. The molecule has 0 amide bonds. The summed E-state index contributed by atoms with van der Waals surface area (Å²) < 4.78 is 69.1. The van der Waals surface area contributed by atoms with E-state index in [4.69, 9.17) is 16.3 Å². The second-order valence-corrected chi connectivity index (χ2v) is 7.14. The zero-order valence-corrected chi connectivity index (χ0v) is 14.4. The molecular formula is C14H13ClF3N3O3S. The number of nitrogens with zero attached hydrogens (tertiary/aromatic N) is 2.